The van der Waals surface area contributed by atoms with E-state index in [9.17, 15) is 4.79 Å². The zero-order valence-electron chi connectivity index (χ0n) is 16.9. The van der Waals surface area contributed by atoms with Gasteiger partial charge in [0.2, 0.25) is 0 Å². The molecule has 0 atom stereocenters. The molecule has 2 rings (SSSR count). The average molecular weight is 369 g/mol. The highest BCUT2D eigenvalue weighted by molar-refractivity contribution is 5.78. The molecule has 2 aliphatic rings. The standard InChI is InChI=1S/C19H36N4O3/c1-18(2,3)26-17(24)23-12-10-22(11-13-23)16(20)21-15-19(9-14-25-4)7-5-6-8-19/h5-15H2,1-4H3,(H2,20,21). The number of amides is 1. The first-order chi connectivity index (χ1) is 12.2. The number of carbonyl (C=O) groups is 1. The van der Waals surface area contributed by atoms with E-state index in [1.807, 2.05) is 20.8 Å². The molecule has 1 amide bonds. The van der Waals surface area contributed by atoms with Gasteiger partial charge in [-0.05, 0) is 45.4 Å². The minimum atomic E-state index is -0.466. The Bertz CT molecular complexity index is 488. The number of hydrogen-bond acceptors (Lipinski definition) is 4. The molecule has 2 N–H and O–H groups in total. The number of aliphatic imine (C=N–C) groups is 1. The van der Waals surface area contributed by atoms with Gasteiger partial charge in [-0.1, -0.05) is 12.8 Å². The predicted molar refractivity (Wildman–Crippen MR) is 103 cm³/mol. The molecule has 0 aromatic carbocycles. The maximum atomic E-state index is 12.1. The van der Waals surface area contributed by atoms with E-state index in [1.165, 1.54) is 25.7 Å². The summed E-state index contributed by atoms with van der Waals surface area (Å²) < 4.78 is 10.7. The van der Waals surface area contributed by atoms with Crippen LogP contribution in [0.1, 0.15) is 52.9 Å². The molecule has 0 bridgehead atoms. The van der Waals surface area contributed by atoms with Crippen molar-refractivity contribution < 1.29 is 14.3 Å². The number of piperazine rings is 1. The molecule has 7 heteroatoms. The molecular weight excluding hydrogens is 332 g/mol. The summed E-state index contributed by atoms with van der Waals surface area (Å²) >= 11 is 0. The SMILES string of the molecule is COCCC1(CN=C(N)N2CCN(C(=O)OC(C)(C)C)CC2)CCCC1. The first kappa shape index (κ1) is 20.8. The summed E-state index contributed by atoms with van der Waals surface area (Å²) in [6.07, 6.45) is 5.75. The zero-order valence-corrected chi connectivity index (χ0v) is 16.9. The number of ether oxygens (including phenoxy) is 2. The molecule has 0 radical (unpaired) electrons. The van der Waals surface area contributed by atoms with E-state index in [2.05, 4.69) is 4.90 Å². The van der Waals surface area contributed by atoms with Crippen molar-refractivity contribution in [3.05, 3.63) is 0 Å². The third-order valence-corrected chi connectivity index (χ3v) is 5.33. The van der Waals surface area contributed by atoms with Crippen molar-refractivity contribution in [2.45, 2.75) is 58.5 Å². The van der Waals surface area contributed by atoms with Crippen molar-refractivity contribution in [2.75, 3.05) is 46.4 Å². The highest BCUT2D eigenvalue weighted by Crippen LogP contribution is 2.41. The zero-order chi connectivity index (χ0) is 19.2. The van der Waals surface area contributed by atoms with E-state index >= 15 is 0 Å². The Kier molecular flexibility index (Phi) is 7.15. The Morgan fingerprint density at radius 2 is 1.69 bits per heavy atom. The van der Waals surface area contributed by atoms with E-state index in [-0.39, 0.29) is 11.5 Å². The lowest BCUT2D eigenvalue weighted by atomic mass is 9.83. The number of rotatable bonds is 5. The fraction of sp³-hybridized carbons (Fsp3) is 0.895. The third-order valence-electron chi connectivity index (χ3n) is 5.33. The number of hydrogen-bond donors (Lipinski definition) is 1. The van der Waals surface area contributed by atoms with Gasteiger partial charge in [-0.2, -0.15) is 0 Å². The van der Waals surface area contributed by atoms with Crippen LogP contribution in [0.15, 0.2) is 4.99 Å². The van der Waals surface area contributed by atoms with Gasteiger partial charge in [0.15, 0.2) is 5.96 Å². The van der Waals surface area contributed by atoms with Crippen molar-refractivity contribution in [3.63, 3.8) is 0 Å². The molecule has 0 spiro atoms. The minimum absolute atomic E-state index is 0.249. The van der Waals surface area contributed by atoms with Crippen LogP contribution in [0.25, 0.3) is 0 Å². The molecule has 26 heavy (non-hydrogen) atoms. The maximum absolute atomic E-state index is 12.1. The number of guanidine groups is 1. The highest BCUT2D eigenvalue weighted by atomic mass is 16.6. The van der Waals surface area contributed by atoms with Crippen LogP contribution in [0.3, 0.4) is 0 Å². The van der Waals surface area contributed by atoms with Crippen molar-refractivity contribution in [3.8, 4) is 0 Å². The lowest BCUT2D eigenvalue weighted by Gasteiger charge is -2.36. The van der Waals surface area contributed by atoms with Gasteiger partial charge < -0.3 is 25.0 Å². The fourth-order valence-electron chi connectivity index (χ4n) is 3.72. The Balaban J connectivity index is 1.84. The van der Waals surface area contributed by atoms with E-state index in [0.29, 0.717) is 32.1 Å². The molecule has 1 saturated heterocycles. The molecule has 0 unspecified atom stereocenters. The van der Waals surface area contributed by atoms with Crippen LogP contribution < -0.4 is 5.73 Å². The minimum Gasteiger partial charge on any atom is -0.444 e. The van der Waals surface area contributed by atoms with Gasteiger partial charge in [0, 0.05) is 46.4 Å². The number of carbonyl (C=O) groups excluding carboxylic acids is 1. The summed E-state index contributed by atoms with van der Waals surface area (Å²) in [5, 5.41) is 0. The topological polar surface area (TPSA) is 80.4 Å². The van der Waals surface area contributed by atoms with Crippen LogP contribution in [0.5, 0.6) is 0 Å². The van der Waals surface area contributed by atoms with Crippen LogP contribution in [0.2, 0.25) is 0 Å². The Labute approximate surface area is 157 Å². The highest BCUT2D eigenvalue weighted by Gasteiger charge is 2.33. The molecule has 1 heterocycles. The van der Waals surface area contributed by atoms with Crippen molar-refractivity contribution in [1.29, 1.82) is 0 Å². The summed E-state index contributed by atoms with van der Waals surface area (Å²) in [6.45, 7) is 9.81. The summed E-state index contributed by atoms with van der Waals surface area (Å²) in [6, 6.07) is 0. The van der Waals surface area contributed by atoms with Gasteiger partial charge in [0.1, 0.15) is 5.60 Å². The largest absolute Gasteiger partial charge is 0.444 e. The molecule has 0 aromatic heterocycles. The second kappa shape index (κ2) is 8.93. The van der Waals surface area contributed by atoms with Crippen LogP contribution in [0.4, 0.5) is 4.79 Å². The van der Waals surface area contributed by atoms with E-state index < -0.39 is 5.60 Å². The molecule has 7 nitrogen and oxygen atoms in total. The van der Waals surface area contributed by atoms with Gasteiger partial charge in [0.25, 0.3) is 0 Å². The van der Waals surface area contributed by atoms with Gasteiger partial charge in [-0.15, -0.1) is 0 Å². The normalized spacial score (nSPS) is 21.2. The monoisotopic (exact) mass is 368 g/mol. The maximum Gasteiger partial charge on any atom is 0.410 e. The van der Waals surface area contributed by atoms with E-state index in [0.717, 1.165) is 19.6 Å². The lowest BCUT2D eigenvalue weighted by molar-refractivity contribution is 0.0186. The second-order valence-electron chi connectivity index (χ2n) is 8.58. The summed E-state index contributed by atoms with van der Waals surface area (Å²) in [4.78, 5) is 20.7. The van der Waals surface area contributed by atoms with Crippen LogP contribution in [0, 0.1) is 5.41 Å². The number of nitrogens with two attached hydrogens (primary N) is 1. The first-order valence-corrected chi connectivity index (χ1v) is 9.76. The fourth-order valence-corrected chi connectivity index (χ4v) is 3.72. The second-order valence-corrected chi connectivity index (χ2v) is 8.58. The number of methoxy groups -OCH3 is 1. The van der Waals surface area contributed by atoms with Gasteiger partial charge in [-0.25, -0.2) is 4.79 Å². The van der Waals surface area contributed by atoms with Crippen LogP contribution >= 0.6 is 0 Å². The van der Waals surface area contributed by atoms with E-state index in [4.69, 9.17) is 20.2 Å². The lowest BCUT2D eigenvalue weighted by Crippen LogP contribution is -2.53. The third kappa shape index (κ3) is 6.04. The van der Waals surface area contributed by atoms with Crippen molar-refractivity contribution in [2.24, 2.45) is 16.1 Å². The Morgan fingerprint density at radius 1 is 1.12 bits per heavy atom. The van der Waals surface area contributed by atoms with Crippen LogP contribution in [-0.2, 0) is 9.47 Å². The predicted octanol–water partition coefficient (Wildman–Crippen LogP) is 2.45. The Hall–Kier alpha value is -1.50. The van der Waals surface area contributed by atoms with Crippen molar-refractivity contribution in [1.82, 2.24) is 9.80 Å². The average Bonchev–Trinajstić information content (AvgIpc) is 3.06. The molecule has 1 saturated carbocycles. The summed E-state index contributed by atoms with van der Waals surface area (Å²) in [5.41, 5.74) is 6.03. The molecule has 2 fully saturated rings. The van der Waals surface area contributed by atoms with Gasteiger partial charge in [0.05, 0.1) is 0 Å². The summed E-state index contributed by atoms with van der Waals surface area (Å²) in [7, 11) is 1.75. The molecule has 1 aliphatic heterocycles. The summed E-state index contributed by atoms with van der Waals surface area (Å²) in [5.74, 6) is 0.595. The molecule has 150 valence electrons. The van der Waals surface area contributed by atoms with Gasteiger partial charge >= 0.3 is 6.09 Å². The quantitative estimate of drug-likeness (QED) is 0.595. The molecular formula is C19H36N4O3. The smallest absolute Gasteiger partial charge is 0.410 e. The first-order valence-electron chi connectivity index (χ1n) is 9.76. The molecule has 1 aliphatic carbocycles. The van der Waals surface area contributed by atoms with Crippen molar-refractivity contribution >= 4 is 12.1 Å². The molecule has 0 aromatic rings. The van der Waals surface area contributed by atoms with Gasteiger partial charge in [-0.3, -0.25) is 4.99 Å². The van der Waals surface area contributed by atoms with E-state index in [1.54, 1.807) is 12.0 Å². The Morgan fingerprint density at radius 3 is 2.23 bits per heavy atom. The number of nitrogens with zero attached hydrogens (tertiary/aromatic N) is 3. The van der Waals surface area contributed by atoms with Crippen LogP contribution in [-0.4, -0.2) is 73.9 Å².